The monoisotopic (exact) mass is 301 g/mol. The Morgan fingerprint density at radius 1 is 0.955 bits per heavy atom. The van der Waals surface area contributed by atoms with E-state index in [1.54, 1.807) is 36.4 Å². The van der Waals surface area contributed by atoms with Gasteiger partial charge in [0.25, 0.3) is 0 Å². The molecule has 1 saturated heterocycles. The summed E-state index contributed by atoms with van der Waals surface area (Å²) in [6.07, 6.45) is 1.24. The van der Waals surface area contributed by atoms with Crippen LogP contribution in [0, 0.1) is 11.8 Å². The fraction of sp³-hybridized carbons (Fsp3) is 0.278. The number of hydrogen-bond donors (Lipinski definition) is 2. The predicted octanol–water partition coefficient (Wildman–Crippen LogP) is 2.67. The maximum atomic E-state index is 12.0. The van der Waals surface area contributed by atoms with E-state index in [9.17, 15) is 15.0 Å². The van der Waals surface area contributed by atoms with E-state index in [-0.39, 0.29) is 29.3 Å². The highest BCUT2D eigenvalue weighted by atomic mass is 16.7. The highest BCUT2D eigenvalue weighted by molar-refractivity contribution is 5.75. The minimum atomic E-state index is -0.218. The second-order valence-electron chi connectivity index (χ2n) is 5.74. The number of phenols is 2. The molecule has 1 fully saturated rings. The normalized spacial score (nSPS) is 20.8. The molecule has 4 nitrogen and oxygen atoms in total. The van der Waals surface area contributed by atoms with E-state index in [2.05, 4.69) is 0 Å². The van der Waals surface area contributed by atoms with Crippen molar-refractivity contribution in [2.75, 3.05) is 6.61 Å². The standard InChI is InChI=1S/C18H18O4/c19-15-5-1-3-12(8-15)7-14-11-22-18(21)17(14)10-13-4-2-6-16(20)9-13/h1-6,8-9,14,17,19-20H,7,10-11H2/t14-,17+/m1/s1/i11+1,17+1,18+1. The first kappa shape index (κ1) is 14.4. The van der Waals surface area contributed by atoms with Gasteiger partial charge in [0.05, 0.1) is 12.5 Å². The molecule has 1 heterocycles. The van der Waals surface area contributed by atoms with E-state index in [1.165, 1.54) is 0 Å². The fourth-order valence-electron chi connectivity index (χ4n) is 2.98. The van der Waals surface area contributed by atoms with Crippen molar-refractivity contribution in [1.82, 2.24) is 0 Å². The number of phenolic OH excluding ortho intramolecular Hbond substituents is 2. The third kappa shape index (κ3) is 3.22. The molecule has 3 rings (SSSR count). The van der Waals surface area contributed by atoms with Crippen molar-refractivity contribution >= 4 is 5.97 Å². The minimum Gasteiger partial charge on any atom is -0.508 e. The Morgan fingerprint density at radius 2 is 1.55 bits per heavy atom. The van der Waals surface area contributed by atoms with Crippen LogP contribution in [0.4, 0.5) is 0 Å². The zero-order chi connectivity index (χ0) is 15.5. The number of carbonyl (C=O) groups excluding carboxylic acids is 1. The van der Waals surface area contributed by atoms with E-state index < -0.39 is 0 Å². The molecule has 1 aliphatic rings. The van der Waals surface area contributed by atoms with Gasteiger partial charge in [-0.25, -0.2) is 0 Å². The maximum absolute atomic E-state index is 12.0. The van der Waals surface area contributed by atoms with Crippen LogP contribution < -0.4 is 0 Å². The zero-order valence-corrected chi connectivity index (χ0v) is 12.1. The number of cyclic esters (lactones) is 1. The van der Waals surface area contributed by atoms with Crippen molar-refractivity contribution in [3.63, 3.8) is 0 Å². The molecule has 2 N–H and O–H groups in total. The molecule has 0 spiro atoms. The first-order valence-electron chi connectivity index (χ1n) is 7.34. The number of ether oxygens (including phenoxy) is 1. The predicted molar refractivity (Wildman–Crippen MR) is 81.6 cm³/mol. The van der Waals surface area contributed by atoms with Crippen molar-refractivity contribution in [3.8, 4) is 11.5 Å². The molecule has 4 heteroatoms. The van der Waals surface area contributed by atoms with Crippen molar-refractivity contribution in [1.29, 1.82) is 0 Å². The Balaban J connectivity index is 1.74. The Bertz CT molecular complexity index is 680. The molecule has 2 aromatic rings. The van der Waals surface area contributed by atoms with E-state index >= 15 is 0 Å². The Hall–Kier alpha value is -2.49. The molecule has 0 bridgehead atoms. The third-order valence-electron chi connectivity index (χ3n) is 4.09. The van der Waals surface area contributed by atoms with Crippen LogP contribution in [0.5, 0.6) is 11.5 Å². The summed E-state index contributed by atoms with van der Waals surface area (Å²) in [5.41, 5.74) is 1.91. The molecule has 0 aromatic heterocycles. The van der Waals surface area contributed by atoms with Gasteiger partial charge < -0.3 is 14.9 Å². The molecule has 0 radical (unpaired) electrons. The largest absolute Gasteiger partial charge is 0.508 e. The van der Waals surface area contributed by atoms with Gasteiger partial charge in [-0.15, -0.1) is 0 Å². The topological polar surface area (TPSA) is 66.8 Å². The Labute approximate surface area is 129 Å². The molecule has 114 valence electrons. The lowest BCUT2D eigenvalue weighted by Crippen LogP contribution is -2.20. The van der Waals surface area contributed by atoms with Crippen molar-refractivity contribution in [2.45, 2.75) is 12.8 Å². The van der Waals surface area contributed by atoms with Crippen LogP contribution >= 0.6 is 0 Å². The van der Waals surface area contributed by atoms with Crippen molar-refractivity contribution in [2.24, 2.45) is 11.8 Å². The maximum Gasteiger partial charge on any atom is 0.309 e. The zero-order valence-electron chi connectivity index (χ0n) is 12.1. The molecule has 0 unspecified atom stereocenters. The highest BCUT2D eigenvalue weighted by Crippen LogP contribution is 2.30. The fourth-order valence-corrected chi connectivity index (χ4v) is 2.98. The summed E-state index contributed by atoms with van der Waals surface area (Å²) in [5.74, 6) is 0.106. The average molecular weight is 301 g/mol. The molecular weight excluding hydrogens is 283 g/mol. The van der Waals surface area contributed by atoms with Crippen molar-refractivity contribution in [3.05, 3.63) is 59.7 Å². The van der Waals surface area contributed by atoms with Gasteiger partial charge in [0.1, 0.15) is 11.5 Å². The van der Waals surface area contributed by atoms with Gasteiger partial charge in [-0.1, -0.05) is 24.3 Å². The van der Waals surface area contributed by atoms with Crippen LogP contribution in [-0.4, -0.2) is 22.8 Å². The average Bonchev–Trinajstić information content (AvgIpc) is 2.80. The molecule has 2 aromatic carbocycles. The Morgan fingerprint density at radius 3 is 2.14 bits per heavy atom. The summed E-state index contributed by atoms with van der Waals surface area (Å²) in [7, 11) is 0. The number of hydrogen-bond acceptors (Lipinski definition) is 4. The van der Waals surface area contributed by atoms with Crippen LogP contribution in [0.1, 0.15) is 11.1 Å². The summed E-state index contributed by atoms with van der Waals surface area (Å²) in [6, 6.07) is 14.0. The molecule has 0 saturated carbocycles. The molecular formula is C18H18O4. The second-order valence-corrected chi connectivity index (χ2v) is 5.74. The van der Waals surface area contributed by atoms with Crippen LogP contribution in [-0.2, 0) is 22.4 Å². The summed E-state index contributed by atoms with van der Waals surface area (Å²) in [4.78, 5) is 12.0. The van der Waals surface area contributed by atoms with E-state index in [0.717, 1.165) is 11.1 Å². The SMILES string of the molecule is O=[13C]1O[13CH2][C@@H](Cc2cccc(O)c2)[13C@@H]1Cc1cccc(O)c1. The number of aromatic hydroxyl groups is 2. The van der Waals surface area contributed by atoms with Gasteiger partial charge >= 0.3 is 5.97 Å². The minimum absolute atomic E-state index is 0.0802. The number of rotatable bonds is 4. The van der Waals surface area contributed by atoms with E-state index in [0.29, 0.717) is 19.4 Å². The number of esters is 1. The lowest BCUT2D eigenvalue weighted by molar-refractivity contribution is -0.141. The van der Waals surface area contributed by atoms with E-state index in [4.69, 9.17) is 4.74 Å². The lowest BCUT2D eigenvalue weighted by Gasteiger charge is -2.15. The first-order valence-corrected chi connectivity index (χ1v) is 7.34. The lowest BCUT2D eigenvalue weighted by atomic mass is 10.0. The third-order valence-corrected chi connectivity index (χ3v) is 4.09. The summed E-state index contributed by atoms with van der Waals surface area (Å²) in [5, 5.41) is 19.1. The summed E-state index contributed by atoms with van der Waals surface area (Å²) < 4.78 is 5.22. The number of carbonyl (C=O) groups is 1. The summed E-state index contributed by atoms with van der Waals surface area (Å²) >= 11 is 0. The van der Waals surface area contributed by atoms with Gasteiger partial charge in [0.15, 0.2) is 0 Å². The van der Waals surface area contributed by atoms with Gasteiger partial charge in [-0.3, -0.25) is 4.79 Å². The van der Waals surface area contributed by atoms with Crippen LogP contribution in [0.2, 0.25) is 0 Å². The van der Waals surface area contributed by atoms with Crippen molar-refractivity contribution < 1.29 is 19.7 Å². The van der Waals surface area contributed by atoms with Gasteiger partial charge in [-0.2, -0.15) is 0 Å². The molecule has 22 heavy (non-hydrogen) atoms. The number of benzene rings is 2. The first-order chi connectivity index (χ1) is 10.6. The molecule has 0 aliphatic carbocycles. The second kappa shape index (κ2) is 6.10. The van der Waals surface area contributed by atoms with Gasteiger partial charge in [0.2, 0.25) is 0 Å². The summed E-state index contributed by atoms with van der Waals surface area (Å²) in [6.45, 7) is 0.401. The quantitative estimate of drug-likeness (QED) is 0.673. The van der Waals surface area contributed by atoms with Gasteiger partial charge in [-0.05, 0) is 48.2 Å². The molecule has 0 amide bonds. The van der Waals surface area contributed by atoms with Gasteiger partial charge in [0, 0.05) is 5.92 Å². The van der Waals surface area contributed by atoms with Crippen LogP contribution in [0.3, 0.4) is 0 Å². The smallest absolute Gasteiger partial charge is 0.309 e. The highest BCUT2D eigenvalue weighted by Gasteiger charge is 2.36. The molecule has 2 atom stereocenters. The van der Waals surface area contributed by atoms with Crippen LogP contribution in [0.15, 0.2) is 48.5 Å². The van der Waals surface area contributed by atoms with E-state index in [1.807, 2.05) is 12.1 Å². The van der Waals surface area contributed by atoms with Crippen LogP contribution in [0.25, 0.3) is 0 Å². The molecule has 1 aliphatic heterocycles. The Kier molecular flexibility index (Phi) is 4.00.